The molecule has 0 aliphatic carbocycles. The van der Waals surface area contributed by atoms with Gasteiger partial charge in [-0.15, -0.1) is 0 Å². The zero-order valence-corrected chi connectivity index (χ0v) is 9.90. The second kappa shape index (κ2) is 4.53. The number of aromatic nitrogens is 2. The van der Waals surface area contributed by atoms with E-state index in [0.29, 0.717) is 0 Å². The predicted octanol–water partition coefficient (Wildman–Crippen LogP) is 2.02. The summed E-state index contributed by atoms with van der Waals surface area (Å²) in [7, 11) is 1.94. The van der Waals surface area contributed by atoms with Crippen molar-refractivity contribution in [2.45, 2.75) is 19.9 Å². The molecule has 0 radical (unpaired) electrons. The number of aryl methyl sites for hydroxylation is 2. The highest BCUT2D eigenvalue weighted by molar-refractivity contribution is 5.26. The Bertz CT molecular complexity index is 418. The molecule has 0 aliphatic heterocycles. The van der Waals surface area contributed by atoms with Gasteiger partial charge < -0.3 is 9.73 Å². The lowest BCUT2D eigenvalue weighted by atomic mass is 10.1. The van der Waals surface area contributed by atoms with Gasteiger partial charge in [0.2, 0.25) is 0 Å². The Morgan fingerprint density at radius 2 is 2.31 bits per heavy atom. The number of nitrogens with one attached hydrogen (secondary N) is 1. The Balaban J connectivity index is 2.39. The fourth-order valence-electron chi connectivity index (χ4n) is 1.88. The van der Waals surface area contributed by atoms with Crippen LogP contribution in [0.1, 0.15) is 30.0 Å². The van der Waals surface area contributed by atoms with E-state index in [1.165, 1.54) is 0 Å². The molecular weight excluding hydrogens is 202 g/mol. The molecular formula is C12H17N3O. The summed E-state index contributed by atoms with van der Waals surface area (Å²) in [6.07, 6.45) is 3.53. The van der Waals surface area contributed by atoms with Gasteiger partial charge in [0.1, 0.15) is 11.8 Å². The summed E-state index contributed by atoms with van der Waals surface area (Å²) in [4.78, 5) is 0. The van der Waals surface area contributed by atoms with Crippen LogP contribution < -0.4 is 5.32 Å². The van der Waals surface area contributed by atoms with Crippen LogP contribution in [0.25, 0.3) is 0 Å². The van der Waals surface area contributed by atoms with Crippen molar-refractivity contribution in [1.29, 1.82) is 0 Å². The molecule has 0 saturated heterocycles. The van der Waals surface area contributed by atoms with Crippen LogP contribution >= 0.6 is 0 Å². The standard InChI is InChI=1S/C12H17N3O/c1-4-13-11(10-5-7-14-15(10)3)12-9(2)6-8-16-12/h5-8,11,13H,4H2,1-3H3. The van der Waals surface area contributed by atoms with Gasteiger partial charge >= 0.3 is 0 Å². The lowest BCUT2D eigenvalue weighted by Crippen LogP contribution is -2.24. The zero-order valence-electron chi connectivity index (χ0n) is 9.90. The molecule has 0 aromatic carbocycles. The number of rotatable bonds is 4. The summed E-state index contributed by atoms with van der Waals surface area (Å²) in [5, 5.41) is 7.61. The molecule has 4 nitrogen and oxygen atoms in total. The molecule has 0 fully saturated rings. The Hall–Kier alpha value is -1.55. The van der Waals surface area contributed by atoms with E-state index in [4.69, 9.17) is 4.42 Å². The molecule has 1 N–H and O–H groups in total. The van der Waals surface area contributed by atoms with Crippen molar-refractivity contribution in [2.75, 3.05) is 6.54 Å². The number of nitrogens with zero attached hydrogens (tertiary/aromatic N) is 2. The smallest absolute Gasteiger partial charge is 0.129 e. The minimum absolute atomic E-state index is 0.0764. The van der Waals surface area contributed by atoms with E-state index in [9.17, 15) is 0 Å². The first-order chi connectivity index (χ1) is 7.74. The molecule has 86 valence electrons. The third-order valence-corrected chi connectivity index (χ3v) is 2.73. The molecule has 1 unspecified atom stereocenters. The molecule has 4 heteroatoms. The fourth-order valence-corrected chi connectivity index (χ4v) is 1.88. The largest absolute Gasteiger partial charge is 0.467 e. The third-order valence-electron chi connectivity index (χ3n) is 2.73. The van der Waals surface area contributed by atoms with E-state index in [2.05, 4.69) is 24.3 Å². The summed E-state index contributed by atoms with van der Waals surface area (Å²) in [5.41, 5.74) is 2.27. The maximum absolute atomic E-state index is 5.55. The molecule has 2 aromatic heterocycles. The summed E-state index contributed by atoms with van der Waals surface area (Å²) >= 11 is 0. The highest BCUT2D eigenvalue weighted by Crippen LogP contribution is 2.24. The van der Waals surface area contributed by atoms with E-state index in [1.54, 1.807) is 12.5 Å². The van der Waals surface area contributed by atoms with Crippen molar-refractivity contribution < 1.29 is 4.42 Å². The van der Waals surface area contributed by atoms with Gasteiger partial charge in [-0.1, -0.05) is 6.92 Å². The molecule has 0 amide bonds. The van der Waals surface area contributed by atoms with Gasteiger partial charge in [-0.2, -0.15) is 5.10 Å². The van der Waals surface area contributed by atoms with Crippen LogP contribution in [0.4, 0.5) is 0 Å². The predicted molar refractivity (Wildman–Crippen MR) is 62.2 cm³/mol. The Kier molecular flexibility index (Phi) is 3.10. The van der Waals surface area contributed by atoms with E-state index in [0.717, 1.165) is 23.6 Å². The van der Waals surface area contributed by atoms with Crippen molar-refractivity contribution in [3.8, 4) is 0 Å². The lowest BCUT2D eigenvalue weighted by molar-refractivity contribution is 0.435. The quantitative estimate of drug-likeness (QED) is 0.855. The van der Waals surface area contributed by atoms with Crippen molar-refractivity contribution in [3.63, 3.8) is 0 Å². The van der Waals surface area contributed by atoms with Crippen molar-refractivity contribution in [3.05, 3.63) is 41.6 Å². The van der Waals surface area contributed by atoms with Crippen LogP contribution in [-0.2, 0) is 7.05 Å². The maximum Gasteiger partial charge on any atom is 0.129 e. The Labute approximate surface area is 95.3 Å². The molecule has 2 rings (SSSR count). The fraction of sp³-hybridized carbons (Fsp3) is 0.417. The number of hydrogen-bond acceptors (Lipinski definition) is 3. The van der Waals surface area contributed by atoms with E-state index < -0.39 is 0 Å². The van der Waals surface area contributed by atoms with Crippen LogP contribution in [-0.4, -0.2) is 16.3 Å². The van der Waals surface area contributed by atoms with Crippen molar-refractivity contribution >= 4 is 0 Å². The summed E-state index contributed by atoms with van der Waals surface area (Å²) in [6.45, 7) is 5.02. The molecule has 2 heterocycles. The second-order valence-corrected chi connectivity index (χ2v) is 3.84. The van der Waals surface area contributed by atoms with Gasteiger partial charge in [0.15, 0.2) is 0 Å². The molecule has 0 bridgehead atoms. The molecule has 2 aromatic rings. The van der Waals surface area contributed by atoms with E-state index >= 15 is 0 Å². The topological polar surface area (TPSA) is 43.0 Å². The van der Waals surface area contributed by atoms with E-state index in [-0.39, 0.29) is 6.04 Å². The van der Waals surface area contributed by atoms with Crippen LogP contribution in [0.15, 0.2) is 29.0 Å². The van der Waals surface area contributed by atoms with Crippen molar-refractivity contribution in [1.82, 2.24) is 15.1 Å². The highest BCUT2D eigenvalue weighted by Gasteiger charge is 2.20. The number of furan rings is 1. The Morgan fingerprint density at radius 3 is 2.81 bits per heavy atom. The maximum atomic E-state index is 5.55. The molecule has 16 heavy (non-hydrogen) atoms. The van der Waals surface area contributed by atoms with Crippen LogP contribution in [0.5, 0.6) is 0 Å². The second-order valence-electron chi connectivity index (χ2n) is 3.84. The number of hydrogen-bond donors (Lipinski definition) is 1. The normalized spacial score (nSPS) is 12.9. The van der Waals surface area contributed by atoms with Gasteiger partial charge in [-0.3, -0.25) is 4.68 Å². The molecule has 1 atom stereocenters. The SMILES string of the molecule is CCNC(c1occc1C)c1ccnn1C. The van der Waals surface area contributed by atoms with Gasteiger partial charge in [0.05, 0.1) is 12.0 Å². The van der Waals surface area contributed by atoms with Crippen LogP contribution in [0.3, 0.4) is 0 Å². The summed E-state index contributed by atoms with van der Waals surface area (Å²) < 4.78 is 7.42. The van der Waals surface area contributed by atoms with Crippen molar-refractivity contribution in [2.24, 2.45) is 7.05 Å². The Morgan fingerprint density at radius 1 is 1.50 bits per heavy atom. The van der Waals surface area contributed by atoms with Gasteiger partial charge in [0, 0.05) is 13.2 Å². The summed E-state index contributed by atoms with van der Waals surface area (Å²) in [6, 6.07) is 4.07. The monoisotopic (exact) mass is 219 g/mol. The van der Waals surface area contributed by atoms with Crippen LogP contribution in [0.2, 0.25) is 0 Å². The van der Waals surface area contributed by atoms with Gasteiger partial charge in [0.25, 0.3) is 0 Å². The minimum atomic E-state index is 0.0764. The molecule has 0 aliphatic rings. The summed E-state index contributed by atoms with van der Waals surface area (Å²) in [5.74, 6) is 0.963. The molecule has 0 spiro atoms. The first kappa shape index (κ1) is 11.0. The first-order valence-corrected chi connectivity index (χ1v) is 5.49. The van der Waals surface area contributed by atoms with Gasteiger partial charge in [-0.25, -0.2) is 0 Å². The lowest BCUT2D eigenvalue weighted by Gasteiger charge is -2.16. The highest BCUT2D eigenvalue weighted by atomic mass is 16.3. The third kappa shape index (κ3) is 1.88. The molecule has 0 saturated carbocycles. The van der Waals surface area contributed by atoms with Gasteiger partial charge in [-0.05, 0) is 31.2 Å². The first-order valence-electron chi connectivity index (χ1n) is 5.49. The average molecular weight is 219 g/mol. The van der Waals surface area contributed by atoms with E-state index in [1.807, 2.05) is 23.9 Å². The van der Waals surface area contributed by atoms with Crippen LogP contribution in [0, 0.1) is 6.92 Å². The zero-order chi connectivity index (χ0) is 11.5. The minimum Gasteiger partial charge on any atom is -0.467 e. The average Bonchev–Trinajstić information content (AvgIpc) is 2.84.